The summed E-state index contributed by atoms with van der Waals surface area (Å²) in [4.78, 5) is 30.2. The van der Waals surface area contributed by atoms with Crippen LogP contribution in [0.3, 0.4) is 0 Å². The van der Waals surface area contributed by atoms with E-state index < -0.39 is 6.67 Å². The van der Waals surface area contributed by atoms with Gasteiger partial charge in [0.2, 0.25) is 0 Å². The molecule has 4 rings (SSSR count). The number of nitrogens with zero attached hydrogens (tertiary/aromatic N) is 2. The van der Waals surface area contributed by atoms with Gasteiger partial charge in [-0.05, 0) is 43.0 Å². The summed E-state index contributed by atoms with van der Waals surface area (Å²) in [6.07, 6.45) is 2.34. The lowest BCUT2D eigenvalue weighted by molar-refractivity contribution is 0.0912. The van der Waals surface area contributed by atoms with Crippen molar-refractivity contribution in [3.05, 3.63) is 65.0 Å². The summed E-state index contributed by atoms with van der Waals surface area (Å²) in [7, 11) is 1.91. The summed E-state index contributed by atoms with van der Waals surface area (Å²) in [5.74, 6) is 0.152. The molecule has 0 aliphatic carbocycles. The molecule has 0 spiro atoms. The molecule has 2 amide bonds. The van der Waals surface area contributed by atoms with E-state index in [-0.39, 0.29) is 23.6 Å². The Morgan fingerprint density at radius 2 is 2.06 bits per heavy atom. The number of aryl methyl sites for hydroxylation is 1. The Kier molecular flexibility index (Phi) is 6.30. The molecule has 2 aromatic carbocycles. The van der Waals surface area contributed by atoms with Gasteiger partial charge in [-0.15, -0.1) is 0 Å². The molecule has 0 unspecified atom stereocenters. The third-order valence-electron chi connectivity index (χ3n) is 5.88. The second-order valence-corrected chi connectivity index (χ2v) is 8.05. The van der Waals surface area contributed by atoms with Crippen LogP contribution < -0.4 is 10.6 Å². The zero-order chi connectivity index (χ0) is 22.7. The molecule has 1 aromatic heterocycles. The van der Waals surface area contributed by atoms with E-state index in [2.05, 4.69) is 10.6 Å². The molecule has 1 aliphatic heterocycles. The maximum absolute atomic E-state index is 13.2. The van der Waals surface area contributed by atoms with Gasteiger partial charge in [-0.1, -0.05) is 30.7 Å². The zero-order valence-electron chi connectivity index (χ0n) is 18.0. The normalized spacial score (nSPS) is 13.6. The van der Waals surface area contributed by atoms with E-state index >= 15 is 0 Å². The number of alkyl halides is 1. The molecule has 166 valence electrons. The SMILES string of the molecule is Cn1c([C@H](CCCCC(=N)CF)NC(=O)c2cccc3c2C(=O)NC3)nc2ccccc21. The minimum absolute atomic E-state index is 0.0826. The van der Waals surface area contributed by atoms with Crippen LogP contribution in [0.4, 0.5) is 4.39 Å². The molecule has 1 aliphatic rings. The van der Waals surface area contributed by atoms with Crippen molar-refractivity contribution in [3.63, 3.8) is 0 Å². The molecule has 2 heterocycles. The van der Waals surface area contributed by atoms with E-state index in [4.69, 9.17) is 10.4 Å². The van der Waals surface area contributed by atoms with Gasteiger partial charge in [0, 0.05) is 19.3 Å². The van der Waals surface area contributed by atoms with E-state index in [1.165, 1.54) is 0 Å². The number of benzene rings is 2. The van der Waals surface area contributed by atoms with Crippen molar-refractivity contribution in [3.8, 4) is 0 Å². The van der Waals surface area contributed by atoms with Crippen molar-refractivity contribution in [2.24, 2.45) is 7.05 Å². The molecule has 3 aromatic rings. The Labute approximate surface area is 185 Å². The molecular formula is C24H26FN5O2. The predicted octanol–water partition coefficient (Wildman–Crippen LogP) is 3.84. The Bertz CT molecular complexity index is 1190. The Balaban J connectivity index is 1.60. The highest BCUT2D eigenvalue weighted by molar-refractivity contribution is 6.09. The lowest BCUT2D eigenvalue weighted by Gasteiger charge is -2.19. The van der Waals surface area contributed by atoms with Crippen LogP contribution in [0.25, 0.3) is 11.0 Å². The number of unbranched alkanes of at least 4 members (excludes halogenated alkanes) is 1. The van der Waals surface area contributed by atoms with Gasteiger partial charge in [-0.25, -0.2) is 9.37 Å². The Morgan fingerprint density at radius 1 is 1.25 bits per heavy atom. The van der Waals surface area contributed by atoms with Gasteiger partial charge in [-0.3, -0.25) is 9.59 Å². The number of para-hydroxylation sites is 2. The van der Waals surface area contributed by atoms with Gasteiger partial charge in [0.15, 0.2) is 0 Å². The predicted molar refractivity (Wildman–Crippen MR) is 121 cm³/mol. The summed E-state index contributed by atoms with van der Waals surface area (Å²) >= 11 is 0. The lowest BCUT2D eigenvalue weighted by Crippen LogP contribution is -2.31. The average molecular weight is 436 g/mol. The fraction of sp³-hybridized carbons (Fsp3) is 0.333. The van der Waals surface area contributed by atoms with Crippen molar-refractivity contribution in [1.29, 1.82) is 5.41 Å². The molecule has 0 saturated carbocycles. The first-order chi connectivity index (χ1) is 15.5. The fourth-order valence-corrected chi connectivity index (χ4v) is 4.20. The number of halogens is 1. The summed E-state index contributed by atoms with van der Waals surface area (Å²) in [5, 5.41) is 13.3. The van der Waals surface area contributed by atoms with E-state index in [0.717, 1.165) is 22.4 Å². The van der Waals surface area contributed by atoms with Crippen molar-refractivity contribution in [1.82, 2.24) is 20.2 Å². The van der Waals surface area contributed by atoms with Crippen molar-refractivity contribution < 1.29 is 14.0 Å². The van der Waals surface area contributed by atoms with E-state index in [1.807, 2.05) is 41.9 Å². The maximum atomic E-state index is 13.2. The number of imidazole rings is 1. The fourth-order valence-electron chi connectivity index (χ4n) is 4.20. The van der Waals surface area contributed by atoms with Crippen molar-refractivity contribution >= 4 is 28.6 Å². The largest absolute Gasteiger partial charge is 0.348 e. The Hall–Kier alpha value is -3.55. The number of aromatic nitrogens is 2. The molecule has 8 heteroatoms. The van der Waals surface area contributed by atoms with E-state index in [0.29, 0.717) is 43.4 Å². The first-order valence-electron chi connectivity index (χ1n) is 10.7. The number of fused-ring (bicyclic) bond motifs is 2. The number of carbonyl (C=O) groups excluding carboxylic acids is 2. The Morgan fingerprint density at radius 3 is 2.84 bits per heavy atom. The summed E-state index contributed by atoms with van der Waals surface area (Å²) in [6, 6.07) is 12.6. The minimum Gasteiger partial charge on any atom is -0.348 e. The summed E-state index contributed by atoms with van der Waals surface area (Å²) < 4.78 is 14.5. The maximum Gasteiger partial charge on any atom is 0.252 e. The highest BCUT2D eigenvalue weighted by Gasteiger charge is 2.28. The molecular weight excluding hydrogens is 409 g/mol. The van der Waals surface area contributed by atoms with Gasteiger partial charge in [0.05, 0.1) is 28.2 Å². The summed E-state index contributed by atoms with van der Waals surface area (Å²) in [5.41, 5.74) is 3.46. The van der Waals surface area contributed by atoms with Crippen LogP contribution in [0.15, 0.2) is 42.5 Å². The topological polar surface area (TPSA) is 99.9 Å². The van der Waals surface area contributed by atoms with Gasteiger partial charge in [-0.2, -0.15) is 0 Å². The van der Waals surface area contributed by atoms with Crippen LogP contribution in [-0.4, -0.2) is 33.8 Å². The van der Waals surface area contributed by atoms with Crippen LogP contribution in [-0.2, 0) is 13.6 Å². The smallest absolute Gasteiger partial charge is 0.252 e. The average Bonchev–Trinajstić information content (AvgIpc) is 3.35. The van der Waals surface area contributed by atoms with Gasteiger partial charge in [0.1, 0.15) is 12.5 Å². The van der Waals surface area contributed by atoms with Crippen LogP contribution in [0.1, 0.15) is 63.8 Å². The second-order valence-electron chi connectivity index (χ2n) is 8.05. The van der Waals surface area contributed by atoms with E-state index in [9.17, 15) is 14.0 Å². The van der Waals surface area contributed by atoms with Crippen LogP contribution >= 0.6 is 0 Å². The van der Waals surface area contributed by atoms with Crippen LogP contribution in [0.5, 0.6) is 0 Å². The quantitative estimate of drug-likeness (QED) is 0.352. The number of rotatable bonds is 9. The monoisotopic (exact) mass is 435 g/mol. The zero-order valence-corrected chi connectivity index (χ0v) is 18.0. The van der Waals surface area contributed by atoms with Crippen LogP contribution in [0, 0.1) is 5.41 Å². The number of amides is 2. The molecule has 1 atom stereocenters. The van der Waals surface area contributed by atoms with Gasteiger partial charge < -0.3 is 20.6 Å². The first-order valence-corrected chi connectivity index (χ1v) is 10.7. The standard InChI is InChI=1S/C24H26FN5O2/c1-30-20-12-5-4-10-18(20)28-22(30)19(11-3-2-8-16(26)13-25)29-23(31)17-9-6-7-15-14-27-24(32)21(15)17/h4-7,9-10,12,19,26H,2-3,8,11,13-14H2,1H3,(H,27,32)(H,29,31)/t19-/m0/s1. The second kappa shape index (κ2) is 9.30. The molecule has 0 saturated heterocycles. The molecule has 7 nitrogen and oxygen atoms in total. The number of hydrogen-bond donors (Lipinski definition) is 3. The van der Waals surface area contributed by atoms with Crippen LogP contribution in [0.2, 0.25) is 0 Å². The van der Waals surface area contributed by atoms with E-state index in [1.54, 1.807) is 12.1 Å². The third-order valence-corrected chi connectivity index (χ3v) is 5.88. The highest BCUT2D eigenvalue weighted by atomic mass is 19.1. The van der Waals surface area contributed by atoms with Gasteiger partial charge in [0.25, 0.3) is 11.8 Å². The molecule has 0 radical (unpaired) electrons. The summed E-state index contributed by atoms with van der Waals surface area (Å²) in [6.45, 7) is -0.309. The van der Waals surface area contributed by atoms with Gasteiger partial charge >= 0.3 is 0 Å². The van der Waals surface area contributed by atoms with Crippen molar-refractivity contribution in [2.75, 3.05) is 6.67 Å². The lowest BCUT2D eigenvalue weighted by atomic mass is 10.0. The first kappa shape index (κ1) is 21.7. The number of nitrogens with one attached hydrogen (secondary N) is 3. The minimum atomic E-state index is -0.730. The third kappa shape index (κ3) is 4.26. The molecule has 32 heavy (non-hydrogen) atoms. The molecule has 0 bridgehead atoms. The van der Waals surface area contributed by atoms with Crippen molar-refractivity contribution in [2.45, 2.75) is 38.3 Å². The number of carbonyl (C=O) groups is 2. The molecule has 0 fully saturated rings. The highest BCUT2D eigenvalue weighted by Crippen LogP contribution is 2.26. The number of hydrogen-bond acceptors (Lipinski definition) is 4. The molecule has 3 N–H and O–H groups in total.